The summed E-state index contributed by atoms with van der Waals surface area (Å²) in [5.41, 5.74) is 2.91. The lowest BCUT2D eigenvalue weighted by Crippen LogP contribution is -2.34. The van der Waals surface area contributed by atoms with E-state index in [0.29, 0.717) is 36.1 Å². The molecular weight excluding hydrogens is 402 g/mol. The molecule has 0 atom stereocenters. The van der Waals surface area contributed by atoms with Crippen LogP contribution in [0.15, 0.2) is 36.4 Å². The van der Waals surface area contributed by atoms with E-state index in [1.165, 1.54) is 13.2 Å². The van der Waals surface area contributed by atoms with Gasteiger partial charge in [-0.15, -0.1) is 0 Å². The smallest absolute Gasteiger partial charge is 0.341 e. The van der Waals surface area contributed by atoms with Crippen LogP contribution in [0.4, 0.5) is 0 Å². The van der Waals surface area contributed by atoms with E-state index in [4.69, 9.17) is 24.1 Å². The third-order valence-corrected chi connectivity index (χ3v) is 4.99. The second kappa shape index (κ2) is 9.88. The number of nitrogens with zero attached hydrogens (tertiary/aromatic N) is 1. The molecule has 31 heavy (non-hydrogen) atoms. The molecule has 1 N–H and O–H groups in total. The molecule has 1 heterocycles. The van der Waals surface area contributed by atoms with Crippen molar-refractivity contribution < 1.29 is 33.6 Å². The zero-order valence-corrected chi connectivity index (χ0v) is 17.7. The molecule has 0 bridgehead atoms. The van der Waals surface area contributed by atoms with Crippen molar-refractivity contribution in [3.8, 4) is 23.0 Å². The molecule has 1 aliphatic heterocycles. The van der Waals surface area contributed by atoms with Crippen molar-refractivity contribution >= 4 is 18.0 Å². The lowest BCUT2D eigenvalue weighted by atomic mass is 9.98. The van der Waals surface area contributed by atoms with E-state index in [9.17, 15) is 9.59 Å². The maximum Gasteiger partial charge on any atom is 0.341 e. The van der Waals surface area contributed by atoms with Crippen molar-refractivity contribution in [3.63, 3.8) is 0 Å². The Morgan fingerprint density at radius 1 is 0.968 bits per heavy atom. The number of aliphatic carboxylic acids is 1. The lowest BCUT2D eigenvalue weighted by Gasteiger charge is -2.28. The summed E-state index contributed by atoms with van der Waals surface area (Å²) in [4.78, 5) is 25.2. The van der Waals surface area contributed by atoms with Crippen LogP contribution in [0, 0.1) is 0 Å². The highest BCUT2D eigenvalue weighted by Gasteiger charge is 2.21. The number of fused-ring (bicyclic) bond motifs is 1. The summed E-state index contributed by atoms with van der Waals surface area (Å²) in [6.45, 7) is 0.637. The fourth-order valence-corrected chi connectivity index (χ4v) is 3.39. The summed E-state index contributed by atoms with van der Waals surface area (Å²) in [5.74, 6) is 0.865. The van der Waals surface area contributed by atoms with Gasteiger partial charge in [0.1, 0.15) is 0 Å². The standard InChI is InChI=1S/C23H25NO7/c1-28-19-10-15(4-6-18(19)31-14-23(26)27)5-7-22(25)24-9-8-16-11-20(29-2)21(30-3)12-17(16)13-24/h4-7,10-12H,8-9,13-14H2,1-3H3,(H,26,27)/b7-5+. The van der Waals surface area contributed by atoms with Crippen molar-refractivity contribution in [3.05, 3.63) is 53.1 Å². The Morgan fingerprint density at radius 2 is 1.61 bits per heavy atom. The molecule has 0 unspecified atom stereocenters. The molecule has 8 heteroatoms. The number of carboxylic acid groups (broad SMARTS) is 1. The summed E-state index contributed by atoms with van der Waals surface area (Å²) in [7, 11) is 4.66. The minimum atomic E-state index is -1.07. The first kappa shape index (κ1) is 22.0. The minimum absolute atomic E-state index is 0.106. The predicted octanol–water partition coefficient (Wildman–Crippen LogP) is 2.77. The van der Waals surface area contributed by atoms with Gasteiger partial charge in [0.2, 0.25) is 5.91 Å². The maximum atomic E-state index is 12.7. The lowest BCUT2D eigenvalue weighted by molar-refractivity contribution is -0.139. The van der Waals surface area contributed by atoms with Crippen molar-refractivity contribution in [2.24, 2.45) is 0 Å². The van der Waals surface area contributed by atoms with Crippen LogP contribution in [0.5, 0.6) is 23.0 Å². The largest absolute Gasteiger partial charge is 0.493 e. The molecule has 0 aromatic heterocycles. The molecule has 0 aliphatic carbocycles. The normalized spacial score (nSPS) is 12.9. The highest BCUT2D eigenvalue weighted by molar-refractivity contribution is 5.92. The van der Waals surface area contributed by atoms with Gasteiger partial charge in [-0.3, -0.25) is 4.79 Å². The maximum absolute atomic E-state index is 12.7. The second-order valence-corrected chi connectivity index (χ2v) is 6.91. The van der Waals surface area contributed by atoms with Crippen LogP contribution in [0.1, 0.15) is 16.7 Å². The van der Waals surface area contributed by atoms with Crippen LogP contribution in [0.2, 0.25) is 0 Å². The molecule has 0 radical (unpaired) electrons. The van der Waals surface area contributed by atoms with Gasteiger partial charge in [0, 0.05) is 19.2 Å². The Kier molecular flexibility index (Phi) is 7.02. The fraction of sp³-hybridized carbons (Fsp3) is 0.304. The molecule has 3 rings (SSSR count). The first-order valence-electron chi connectivity index (χ1n) is 9.68. The number of carbonyl (C=O) groups is 2. The van der Waals surface area contributed by atoms with E-state index in [1.54, 1.807) is 43.4 Å². The van der Waals surface area contributed by atoms with Gasteiger partial charge in [-0.1, -0.05) is 6.07 Å². The van der Waals surface area contributed by atoms with Crippen LogP contribution in [0.25, 0.3) is 6.08 Å². The van der Waals surface area contributed by atoms with E-state index in [1.807, 2.05) is 12.1 Å². The van der Waals surface area contributed by atoms with Crippen molar-refractivity contribution in [1.82, 2.24) is 4.90 Å². The molecule has 8 nitrogen and oxygen atoms in total. The molecule has 2 aromatic rings. The molecule has 2 aromatic carbocycles. The summed E-state index contributed by atoms with van der Waals surface area (Å²) in [5, 5.41) is 8.75. The van der Waals surface area contributed by atoms with E-state index in [-0.39, 0.29) is 5.91 Å². The molecule has 1 amide bonds. The first-order valence-corrected chi connectivity index (χ1v) is 9.68. The number of rotatable bonds is 8. The topological polar surface area (TPSA) is 94.5 Å². The first-order chi connectivity index (χ1) is 14.9. The van der Waals surface area contributed by atoms with E-state index in [0.717, 1.165) is 23.1 Å². The van der Waals surface area contributed by atoms with Gasteiger partial charge in [0.25, 0.3) is 0 Å². The molecule has 0 saturated heterocycles. The molecular formula is C23H25NO7. The minimum Gasteiger partial charge on any atom is -0.493 e. The van der Waals surface area contributed by atoms with Gasteiger partial charge in [-0.25, -0.2) is 4.79 Å². The Labute approximate surface area is 180 Å². The van der Waals surface area contributed by atoms with Crippen LogP contribution < -0.4 is 18.9 Å². The monoisotopic (exact) mass is 427 g/mol. The Balaban J connectivity index is 1.70. The third kappa shape index (κ3) is 5.28. The fourth-order valence-electron chi connectivity index (χ4n) is 3.39. The number of amides is 1. The zero-order chi connectivity index (χ0) is 22.4. The van der Waals surface area contributed by atoms with Gasteiger partial charge in [0.05, 0.1) is 21.3 Å². The zero-order valence-electron chi connectivity index (χ0n) is 17.7. The third-order valence-electron chi connectivity index (χ3n) is 4.99. The van der Waals surface area contributed by atoms with Crippen LogP contribution >= 0.6 is 0 Å². The predicted molar refractivity (Wildman–Crippen MR) is 114 cm³/mol. The van der Waals surface area contributed by atoms with Gasteiger partial charge >= 0.3 is 5.97 Å². The average Bonchev–Trinajstić information content (AvgIpc) is 2.79. The summed E-state index contributed by atoms with van der Waals surface area (Å²) >= 11 is 0. The van der Waals surface area contributed by atoms with Gasteiger partial charge in [-0.2, -0.15) is 0 Å². The number of ether oxygens (including phenoxy) is 4. The molecule has 0 fully saturated rings. The van der Waals surface area contributed by atoms with Gasteiger partial charge < -0.3 is 29.0 Å². The van der Waals surface area contributed by atoms with Crippen LogP contribution in [-0.4, -0.2) is 56.4 Å². The van der Waals surface area contributed by atoms with Gasteiger partial charge in [-0.05, 0) is 53.5 Å². The summed E-state index contributed by atoms with van der Waals surface area (Å²) in [6, 6.07) is 8.91. The molecule has 164 valence electrons. The SMILES string of the molecule is COc1cc2c(cc1OC)CN(C(=O)/C=C/c1ccc(OCC(=O)O)c(OC)c1)CC2. The number of benzene rings is 2. The number of methoxy groups -OCH3 is 3. The number of hydrogen-bond donors (Lipinski definition) is 1. The average molecular weight is 427 g/mol. The molecule has 1 aliphatic rings. The van der Waals surface area contributed by atoms with Gasteiger partial charge in [0.15, 0.2) is 29.6 Å². The summed E-state index contributed by atoms with van der Waals surface area (Å²) < 4.78 is 21.2. The van der Waals surface area contributed by atoms with Crippen molar-refractivity contribution in [2.75, 3.05) is 34.5 Å². The van der Waals surface area contributed by atoms with E-state index >= 15 is 0 Å². The number of hydrogen-bond acceptors (Lipinski definition) is 6. The van der Waals surface area contributed by atoms with Crippen molar-refractivity contribution in [2.45, 2.75) is 13.0 Å². The second-order valence-electron chi connectivity index (χ2n) is 6.91. The summed E-state index contributed by atoms with van der Waals surface area (Å²) in [6.07, 6.45) is 3.94. The molecule has 0 saturated carbocycles. The van der Waals surface area contributed by atoms with Crippen LogP contribution in [-0.2, 0) is 22.6 Å². The Bertz CT molecular complexity index is 1000. The van der Waals surface area contributed by atoms with E-state index in [2.05, 4.69) is 0 Å². The molecule has 0 spiro atoms. The number of carbonyl (C=O) groups excluding carboxylic acids is 1. The van der Waals surface area contributed by atoms with Crippen LogP contribution in [0.3, 0.4) is 0 Å². The highest BCUT2D eigenvalue weighted by atomic mass is 16.5. The number of carboxylic acids is 1. The van der Waals surface area contributed by atoms with E-state index < -0.39 is 12.6 Å². The quantitative estimate of drug-likeness (QED) is 0.648. The van der Waals surface area contributed by atoms with Crippen molar-refractivity contribution in [1.29, 1.82) is 0 Å². The Morgan fingerprint density at radius 3 is 2.26 bits per heavy atom. The highest BCUT2D eigenvalue weighted by Crippen LogP contribution is 2.33. The Hall–Kier alpha value is -3.68.